The quantitative estimate of drug-likeness (QED) is 0.599. The molecule has 4 rings (SSSR count). The van der Waals surface area contributed by atoms with E-state index in [1.54, 1.807) is 36.2 Å². The highest BCUT2D eigenvalue weighted by molar-refractivity contribution is 6.06. The van der Waals surface area contributed by atoms with Crippen molar-refractivity contribution in [3.05, 3.63) is 41.2 Å². The first kappa shape index (κ1) is 25.2. The number of nitrogens with zero attached hydrogens (tertiary/aromatic N) is 4. The lowest BCUT2D eigenvalue weighted by Gasteiger charge is -2.38. The number of hydrogen-bond donors (Lipinski definition) is 2. The van der Waals surface area contributed by atoms with Crippen LogP contribution in [0.5, 0.6) is 5.75 Å². The van der Waals surface area contributed by atoms with Crippen molar-refractivity contribution in [3.63, 3.8) is 0 Å². The molecule has 0 bridgehead atoms. The molecule has 0 radical (unpaired) electrons. The van der Waals surface area contributed by atoms with E-state index in [1.165, 1.54) is 17.5 Å². The van der Waals surface area contributed by atoms with Gasteiger partial charge in [0.05, 0.1) is 29.6 Å². The lowest BCUT2D eigenvalue weighted by molar-refractivity contribution is 0.0345. The molecule has 0 saturated heterocycles. The molecule has 35 heavy (non-hydrogen) atoms. The number of hydrogen-bond acceptors (Lipinski definition) is 6. The minimum atomic E-state index is -0.337. The van der Waals surface area contributed by atoms with Gasteiger partial charge >= 0.3 is 0 Å². The molecular formula is C26H37N5O4. The molecule has 0 spiro atoms. The minimum absolute atomic E-state index is 0.0197. The molecule has 2 aliphatic rings. The summed E-state index contributed by atoms with van der Waals surface area (Å²) in [5.41, 5.74) is 1.99. The summed E-state index contributed by atoms with van der Waals surface area (Å²) in [5.74, 6) is 0.602. The van der Waals surface area contributed by atoms with Gasteiger partial charge in [-0.3, -0.25) is 14.3 Å². The number of aryl methyl sites for hydroxylation is 2. The van der Waals surface area contributed by atoms with Crippen molar-refractivity contribution in [1.29, 1.82) is 0 Å². The van der Waals surface area contributed by atoms with Gasteiger partial charge in [0, 0.05) is 32.6 Å². The Balaban J connectivity index is 1.69. The van der Waals surface area contributed by atoms with Crippen molar-refractivity contribution < 1.29 is 19.4 Å². The zero-order chi connectivity index (χ0) is 25.3. The molecule has 1 aromatic carbocycles. The second-order valence-electron chi connectivity index (χ2n) is 10.2. The van der Waals surface area contributed by atoms with Crippen LogP contribution in [0.4, 0.5) is 5.69 Å². The Kier molecular flexibility index (Phi) is 7.47. The number of aromatic nitrogens is 2. The van der Waals surface area contributed by atoms with Gasteiger partial charge in [-0.1, -0.05) is 13.0 Å². The molecule has 2 N–H and O–H groups in total. The SMILES string of the molecule is Cc1cc(C(=O)Nc2cccc3c2O[C@@H](CN(C)CC2CC2)[C@H](C)CN([C@H](C)CO)C3=O)n(C)n1. The Morgan fingerprint density at radius 2 is 2.09 bits per heavy atom. The number of anilines is 1. The van der Waals surface area contributed by atoms with Gasteiger partial charge in [0.25, 0.3) is 11.8 Å². The topological polar surface area (TPSA) is 99.9 Å². The molecule has 1 fully saturated rings. The number of amides is 2. The van der Waals surface area contributed by atoms with Crippen LogP contribution in [-0.2, 0) is 7.05 Å². The van der Waals surface area contributed by atoms with Gasteiger partial charge in [-0.05, 0) is 57.9 Å². The normalized spacial score (nSPS) is 21.2. The Bertz CT molecular complexity index is 1080. The number of rotatable bonds is 8. The summed E-state index contributed by atoms with van der Waals surface area (Å²) >= 11 is 0. The number of benzene rings is 1. The first-order chi connectivity index (χ1) is 16.7. The maximum absolute atomic E-state index is 13.6. The Morgan fingerprint density at radius 3 is 2.71 bits per heavy atom. The average molecular weight is 484 g/mol. The van der Waals surface area contributed by atoms with Crippen molar-refractivity contribution in [2.24, 2.45) is 18.9 Å². The van der Waals surface area contributed by atoms with E-state index in [1.807, 2.05) is 13.8 Å². The summed E-state index contributed by atoms with van der Waals surface area (Å²) < 4.78 is 8.10. The summed E-state index contributed by atoms with van der Waals surface area (Å²) in [6.07, 6.45) is 2.35. The number of para-hydroxylation sites is 1. The van der Waals surface area contributed by atoms with Crippen LogP contribution in [0.15, 0.2) is 24.3 Å². The van der Waals surface area contributed by atoms with Crippen LogP contribution in [0.25, 0.3) is 0 Å². The summed E-state index contributed by atoms with van der Waals surface area (Å²) in [6, 6.07) is 6.60. The first-order valence-electron chi connectivity index (χ1n) is 12.4. The van der Waals surface area contributed by atoms with Gasteiger partial charge in [-0.2, -0.15) is 5.10 Å². The zero-order valence-electron chi connectivity index (χ0n) is 21.3. The van der Waals surface area contributed by atoms with E-state index < -0.39 is 0 Å². The number of carbonyl (C=O) groups excluding carboxylic acids is 2. The zero-order valence-corrected chi connectivity index (χ0v) is 21.3. The third-order valence-electron chi connectivity index (χ3n) is 6.93. The standard InChI is InChI=1S/C26H37N5O4/c1-16-12-31(18(3)15-32)26(34)20-7-6-8-21(27-25(33)22-11-17(2)28-30(22)5)24(20)35-23(16)14-29(4)13-19-9-10-19/h6-8,11,16,18-19,23,32H,9-10,12-15H2,1-5H3,(H,27,33)/t16-,18-,23+/m1/s1. The second kappa shape index (κ2) is 10.4. The van der Waals surface area contributed by atoms with Crippen LogP contribution in [0.2, 0.25) is 0 Å². The largest absolute Gasteiger partial charge is 0.486 e. The third kappa shape index (κ3) is 5.67. The van der Waals surface area contributed by atoms with Crippen LogP contribution in [0, 0.1) is 18.8 Å². The van der Waals surface area contributed by atoms with E-state index in [9.17, 15) is 14.7 Å². The van der Waals surface area contributed by atoms with Gasteiger partial charge in [-0.15, -0.1) is 0 Å². The molecule has 9 heteroatoms. The van der Waals surface area contributed by atoms with E-state index in [-0.39, 0.29) is 36.5 Å². The Hall–Kier alpha value is -2.91. The minimum Gasteiger partial charge on any atom is -0.486 e. The van der Waals surface area contributed by atoms with E-state index in [2.05, 4.69) is 29.3 Å². The smallest absolute Gasteiger partial charge is 0.274 e. The van der Waals surface area contributed by atoms with Crippen molar-refractivity contribution in [2.75, 3.05) is 38.6 Å². The summed E-state index contributed by atoms with van der Waals surface area (Å²) in [7, 11) is 3.82. The fraction of sp³-hybridized carbons (Fsp3) is 0.577. The number of aliphatic hydroxyl groups is 1. The van der Waals surface area contributed by atoms with E-state index in [4.69, 9.17) is 4.74 Å². The molecular weight excluding hydrogens is 446 g/mol. The van der Waals surface area contributed by atoms with E-state index in [0.29, 0.717) is 35.8 Å². The predicted molar refractivity (Wildman–Crippen MR) is 134 cm³/mol. The first-order valence-corrected chi connectivity index (χ1v) is 12.4. The molecule has 1 aliphatic carbocycles. The van der Waals surface area contributed by atoms with Crippen LogP contribution in [0.3, 0.4) is 0 Å². The molecule has 1 aliphatic heterocycles. The van der Waals surface area contributed by atoms with Crippen LogP contribution >= 0.6 is 0 Å². The van der Waals surface area contributed by atoms with Crippen molar-refractivity contribution >= 4 is 17.5 Å². The van der Waals surface area contributed by atoms with Gasteiger partial charge in [0.1, 0.15) is 11.8 Å². The van der Waals surface area contributed by atoms with E-state index in [0.717, 1.165) is 18.2 Å². The second-order valence-corrected chi connectivity index (χ2v) is 10.2. The van der Waals surface area contributed by atoms with E-state index >= 15 is 0 Å². The highest BCUT2D eigenvalue weighted by Gasteiger charge is 2.35. The maximum Gasteiger partial charge on any atom is 0.274 e. The number of nitrogens with one attached hydrogen (secondary N) is 1. The van der Waals surface area contributed by atoms with Crippen molar-refractivity contribution in [2.45, 2.75) is 45.8 Å². The van der Waals surface area contributed by atoms with Gasteiger partial charge in [0.15, 0.2) is 5.75 Å². The van der Waals surface area contributed by atoms with Gasteiger partial charge in [0.2, 0.25) is 0 Å². The Labute approximate surface area is 207 Å². The highest BCUT2D eigenvalue weighted by Crippen LogP contribution is 2.36. The number of ether oxygens (including phenoxy) is 1. The van der Waals surface area contributed by atoms with Gasteiger partial charge < -0.3 is 25.0 Å². The number of aliphatic hydroxyl groups excluding tert-OH is 1. The van der Waals surface area contributed by atoms with Crippen LogP contribution < -0.4 is 10.1 Å². The molecule has 2 amide bonds. The predicted octanol–water partition coefficient (Wildman–Crippen LogP) is 2.54. The fourth-order valence-corrected chi connectivity index (χ4v) is 4.69. The monoisotopic (exact) mass is 483 g/mol. The summed E-state index contributed by atoms with van der Waals surface area (Å²) in [5, 5.41) is 17.0. The molecule has 190 valence electrons. The molecule has 3 atom stereocenters. The molecule has 0 unspecified atom stereocenters. The fourth-order valence-electron chi connectivity index (χ4n) is 4.69. The number of likely N-dealkylation sites (N-methyl/N-ethyl adjacent to an activating group) is 1. The molecule has 9 nitrogen and oxygen atoms in total. The lowest BCUT2D eigenvalue weighted by Crippen LogP contribution is -2.50. The molecule has 2 aromatic rings. The highest BCUT2D eigenvalue weighted by atomic mass is 16.5. The van der Waals surface area contributed by atoms with Crippen LogP contribution in [-0.4, -0.2) is 81.9 Å². The van der Waals surface area contributed by atoms with Crippen molar-refractivity contribution in [1.82, 2.24) is 19.6 Å². The number of carbonyl (C=O) groups is 2. The van der Waals surface area contributed by atoms with Crippen LogP contribution in [0.1, 0.15) is 53.2 Å². The maximum atomic E-state index is 13.6. The molecule has 2 heterocycles. The van der Waals surface area contributed by atoms with Crippen molar-refractivity contribution in [3.8, 4) is 5.75 Å². The number of fused-ring (bicyclic) bond motifs is 1. The lowest BCUT2D eigenvalue weighted by atomic mass is 9.99. The third-order valence-corrected chi connectivity index (χ3v) is 6.93. The summed E-state index contributed by atoms with van der Waals surface area (Å²) in [6.45, 7) is 7.83. The molecule has 1 aromatic heterocycles. The summed E-state index contributed by atoms with van der Waals surface area (Å²) in [4.78, 5) is 30.7. The molecule has 1 saturated carbocycles. The van der Waals surface area contributed by atoms with Gasteiger partial charge in [-0.25, -0.2) is 0 Å². The average Bonchev–Trinajstić information content (AvgIpc) is 3.56. The Morgan fingerprint density at radius 1 is 1.34 bits per heavy atom.